The Morgan fingerprint density at radius 1 is 0.286 bits per heavy atom. The normalized spacial score (nSPS) is 9.14. The molecule has 28 heavy (non-hydrogen) atoms. The number of rotatable bonds is 4. The first kappa shape index (κ1) is 23.9. The van der Waals surface area contributed by atoms with Gasteiger partial charge < -0.3 is 0 Å². The number of hydrogen-bond acceptors (Lipinski definition) is 0. The van der Waals surface area contributed by atoms with Gasteiger partial charge in [0.1, 0.15) is 0 Å². The molecule has 0 saturated carbocycles. The average molecular weight is 442 g/mol. The van der Waals surface area contributed by atoms with E-state index in [1.807, 2.05) is 0 Å². The molecule has 0 aliphatic rings. The molecule has 4 heteroatoms. The zero-order valence-corrected chi connectivity index (χ0v) is 20.2. The smallest absolute Gasteiger partial charge is 0.0875 e. The van der Waals surface area contributed by atoms with E-state index in [0.29, 0.717) is 0 Å². The lowest BCUT2D eigenvalue weighted by molar-refractivity contribution is 1.75. The highest BCUT2D eigenvalue weighted by molar-refractivity contribution is 6.67. The van der Waals surface area contributed by atoms with Crippen LogP contribution in [0, 0.1) is 0 Å². The van der Waals surface area contributed by atoms with Crippen molar-refractivity contribution in [3.05, 3.63) is 121 Å². The third-order valence-electron chi connectivity index (χ3n) is 4.19. The maximum absolute atomic E-state index is 2.22. The molecule has 0 heterocycles. The van der Waals surface area contributed by atoms with Gasteiger partial charge in [0.15, 0.2) is 0 Å². The Bertz CT molecular complexity index is 719. The lowest BCUT2D eigenvalue weighted by atomic mass is 10.4. The van der Waals surface area contributed by atoms with Gasteiger partial charge in [-0.2, -0.15) is 0 Å². The third kappa shape index (κ3) is 8.72. The van der Waals surface area contributed by atoms with Gasteiger partial charge in [-0.25, -0.2) is 0 Å². The molecule has 0 aliphatic heterocycles. The molecule has 144 valence electrons. The molecule has 0 saturated heterocycles. The number of hydrogen-bond donors (Lipinski definition) is 0. The fourth-order valence-electron chi connectivity index (χ4n) is 2.85. The van der Waals surface area contributed by atoms with E-state index in [9.17, 15) is 0 Å². The molecule has 0 atom stereocenters. The van der Waals surface area contributed by atoms with Crippen molar-refractivity contribution < 1.29 is 0 Å². The Morgan fingerprint density at radius 2 is 0.464 bits per heavy atom. The van der Waals surface area contributed by atoms with Crippen LogP contribution in [0.3, 0.4) is 0 Å². The largest absolute Gasteiger partial charge is 0.147 e. The van der Waals surface area contributed by atoms with Crippen LogP contribution < -0.4 is 20.7 Å². The summed E-state index contributed by atoms with van der Waals surface area (Å²) in [5, 5.41) is 6.03. The van der Waals surface area contributed by atoms with E-state index in [-0.39, 0.29) is 43.9 Å². The van der Waals surface area contributed by atoms with Gasteiger partial charge in [0.25, 0.3) is 0 Å². The minimum atomic E-state index is -0.234. The average Bonchev–Trinajstić information content (AvgIpc) is 2.72. The molecule has 0 amide bonds. The van der Waals surface area contributed by atoms with Gasteiger partial charge in [0.2, 0.25) is 0 Å². The van der Waals surface area contributed by atoms with Gasteiger partial charge in [-0.05, 0) is 0 Å². The molecule has 0 N–H and O–H groups in total. The number of benzene rings is 4. The van der Waals surface area contributed by atoms with Crippen LogP contribution in [0.15, 0.2) is 121 Å². The Labute approximate surface area is 185 Å². The first-order valence-corrected chi connectivity index (χ1v) is 11.9. The zero-order chi connectivity index (χ0) is 17.9. The van der Waals surface area contributed by atoms with E-state index in [1.165, 1.54) is 20.7 Å². The Kier molecular flexibility index (Phi) is 11.9. The second-order valence-corrected chi connectivity index (χ2v) is 10.3. The summed E-state index contributed by atoms with van der Waals surface area (Å²) in [5.74, 6) is 0. The first-order valence-electron chi connectivity index (χ1n) is 9.06. The minimum Gasteiger partial charge on any atom is -0.147 e. The van der Waals surface area contributed by atoms with Crippen LogP contribution in [0.4, 0.5) is 0 Å². The topological polar surface area (TPSA) is 0 Å². The van der Waals surface area contributed by atoms with Crippen molar-refractivity contribution in [2.45, 2.75) is 0 Å². The summed E-state index contributed by atoms with van der Waals surface area (Å²) in [6, 6.07) is 43.0. The molecule has 0 unspecified atom stereocenters. The van der Waals surface area contributed by atoms with Crippen LogP contribution >= 0.6 is 24.8 Å². The SMILES string of the molecule is Cl.Cl.c1ccc([SiH2]c2ccccc2)cc1.c1ccc([SiH2]c2ccccc2)cc1. The van der Waals surface area contributed by atoms with Crippen LogP contribution in [-0.4, -0.2) is 19.0 Å². The van der Waals surface area contributed by atoms with Crippen molar-refractivity contribution in [3.63, 3.8) is 0 Å². The van der Waals surface area contributed by atoms with Gasteiger partial charge in [0, 0.05) is 0 Å². The second kappa shape index (κ2) is 14.0. The molecule has 0 aromatic heterocycles. The molecular formula is C24H26Cl2Si2. The zero-order valence-electron chi connectivity index (χ0n) is 15.8. The minimum absolute atomic E-state index is 0. The third-order valence-corrected chi connectivity index (χ3v) is 7.71. The van der Waals surface area contributed by atoms with Gasteiger partial charge >= 0.3 is 0 Å². The summed E-state index contributed by atoms with van der Waals surface area (Å²) >= 11 is 0. The maximum Gasteiger partial charge on any atom is 0.0875 e. The van der Waals surface area contributed by atoms with Gasteiger partial charge in [-0.15, -0.1) is 24.8 Å². The van der Waals surface area contributed by atoms with Crippen LogP contribution in [0.5, 0.6) is 0 Å². The molecule has 0 bridgehead atoms. The molecule has 4 rings (SSSR count). The van der Waals surface area contributed by atoms with E-state index < -0.39 is 0 Å². The molecular weight excluding hydrogens is 415 g/mol. The van der Waals surface area contributed by atoms with Crippen molar-refractivity contribution in [1.29, 1.82) is 0 Å². The number of halogens is 2. The van der Waals surface area contributed by atoms with E-state index >= 15 is 0 Å². The summed E-state index contributed by atoms with van der Waals surface area (Å²) in [5.41, 5.74) is 0. The summed E-state index contributed by atoms with van der Waals surface area (Å²) in [7, 11) is -0.468. The molecule has 0 fully saturated rings. The van der Waals surface area contributed by atoms with Gasteiger partial charge in [0.05, 0.1) is 19.0 Å². The molecule has 4 aromatic carbocycles. The molecule has 4 aromatic rings. The fourth-order valence-corrected chi connectivity index (χ4v) is 5.83. The van der Waals surface area contributed by atoms with E-state index in [4.69, 9.17) is 0 Å². The van der Waals surface area contributed by atoms with Crippen molar-refractivity contribution in [2.75, 3.05) is 0 Å². The summed E-state index contributed by atoms with van der Waals surface area (Å²) in [6.07, 6.45) is 0. The Hall–Kier alpha value is -2.11. The van der Waals surface area contributed by atoms with Crippen molar-refractivity contribution in [3.8, 4) is 0 Å². The van der Waals surface area contributed by atoms with Gasteiger partial charge in [-0.1, -0.05) is 142 Å². The second-order valence-electron chi connectivity index (χ2n) is 6.30. The Morgan fingerprint density at radius 3 is 0.643 bits per heavy atom. The van der Waals surface area contributed by atoms with Crippen molar-refractivity contribution >= 4 is 64.6 Å². The summed E-state index contributed by atoms with van der Waals surface area (Å²) < 4.78 is 0. The van der Waals surface area contributed by atoms with Crippen molar-refractivity contribution in [2.24, 2.45) is 0 Å². The molecule has 0 spiro atoms. The highest BCUT2D eigenvalue weighted by Crippen LogP contribution is 1.85. The molecule has 0 aliphatic carbocycles. The predicted octanol–water partition coefficient (Wildman–Crippen LogP) is 2.46. The van der Waals surface area contributed by atoms with E-state index in [0.717, 1.165) is 0 Å². The Balaban J connectivity index is 0.000000261. The van der Waals surface area contributed by atoms with E-state index in [2.05, 4.69) is 121 Å². The van der Waals surface area contributed by atoms with Crippen LogP contribution in [0.25, 0.3) is 0 Å². The van der Waals surface area contributed by atoms with Crippen LogP contribution in [0.2, 0.25) is 0 Å². The van der Waals surface area contributed by atoms with Crippen LogP contribution in [0.1, 0.15) is 0 Å². The highest BCUT2D eigenvalue weighted by atomic mass is 35.5. The molecule has 0 radical (unpaired) electrons. The van der Waals surface area contributed by atoms with Crippen LogP contribution in [-0.2, 0) is 0 Å². The monoisotopic (exact) mass is 440 g/mol. The summed E-state index contributed by atoms with van der Waals surface area (Å²) in [6.45, 7) is 0. The predicted molar refractivity (Wildman–Crippen MR) is 136 cm³/mol. The van der Waals surface area contributed by atoms with Crippen molar-refractivity contribution in [1.82, 2.24) is 0 Å². The fraction of sp³-hybridized carbons (Fsp3) is 0. The van der Waals surface area contributed by atoms with Gasteiger partial charge in [-0.3, -0.25) is 0 Å². The van der Waals surface area contributed by atoms with E-state index in [1.54, 1.807) is 0 Å². The standard InChI is InChI=1S/2C12H12Si.2ClH/c2*1-3-7-11(8-4-1)13-12-9-5-2-6-10-12;;/h2*1-10H,13H2;2*1H. The maximum atomic E-state index is 2.22. The lowest BCUT2D eigenvalue weighted by Gasteiger charge is -1.99. The highest BCUT2D eigenvalue weighted by Gasteiger charge is 1.94. The lowest BCUT2D eigenvalue weighted by Crippen LogP contribution is -2.26. The quantitative estimate of drug-likeness (QED) is 0.427. The molecule has 0 nitrogen and oxygen atoms in total. The first-order chi connectivity index (χ1) is 12.9. The summed E-state index contributed by atoms with van der Waals surface area (Å²) in [4.78, 5) is 0.